The fraction of sp³-hybridized carbons (Fsp3) is 0.0909. The van der Waals surface area contributed by atoms with Crippen LogP contribution in [0.15, 0.2) is 34.2 Å². The molecule has 0 aliphatic rings. The van der Waals surface area contributed by atoms with E-state index in [-0.39, 0.29) is 12.4 Å². The maximum atomic E-state index is 11.3. The molecule has 96 valence electrons. The highest BCUT2D eigenvalue weighted by Gasteiger charge is 2.09. The second kappa shape index (κ2) is 4.09. The lowest BCUT2D eigenvalue weighted by molar-refractivity contribution is 0.409. The topological polar surface area (TPSA) is 120 Å². The van der Waals surface area contributed by atoms with Crippen LogP contribution in [0, 0.1) is 0 Å². The van der Waals surface area contributed by atoms with Crippen LogP contribution in [0.4, 0.5) is 5.82 Å². The average Bonchev–Trinajstić information content (AvgIpc) is 2.79. The number of anilines is 1. The van der Waals surface area contributed by atoms with Crippen molar-refractivity contribution < 1.29 is 9.52 Å². The van der Waals surface area contributed by atoms with Crippen LogP contribution in [0.3, 0.4) is 0 Å². The van der Waals surface area contributed by atoms with Crippen LogP contribution < -0.4 is 11.2 Å². The first kappa shape index (κ1) is 11.2. The van der Waals surface area contributed by atoms with E-state index in [1.165, 1.54) is 18.7 Å². The van der Waals surface area contributed by atoms with Crippen LogP contribution in [-0.2, 0) is 6.54 Å². The van der Waals surface area contributed by atoms with Crippen LogP contribution in [0.25, 0.3) is 11.2 Å². The minimum Gasteiger partial charge on any atom is -0.502 e. The highest BCUT2D eigenvalue weighted by Crippen LogP contribution is 2.15. The number of nitrogens with zero attached hydrogens (tertiary/aromatic N) is 4. The summed E-state index contributed by atoms with van der Waals surface area (Å²) in [6.45, 7) is 0.252. The summed E-state index contributed by atoms with van der Waals surface area (Å²) >= 11 is 0. The maximum absolute atomic E-state index is 11.3. The van der Waals surface area contributed by atoms with Gasteiger partial charge in [-0.3, -0.25) is 4.79 Å². The first-order valence-electron chi connectivity index (χ1n) is 5.37. The number of aromatic nitrogens is 4. The van der Waals surface area contributed by atoms with Crippen molar-refractivity contribution in [2.75, 3.05) is 5.73 Å². The Hall–Kier alpha value is -2.90. The molecule has 0 aliphatic carbocycles. The molecule has 0 spiro atoms. The predicted molar refractivity (Wildman–Crippen MR) is 65.5 cm³/mol. The number of aromatic hydroxyl groups is 1. The molecule has 0 aliphatic heterocycles. The van der Waals surface area contributed by atoms with E-state index in [1.807, 2.05) is 0 Å². The lowest BCUT2D eigenvalue weighted by atomic mass is 10.3. The summed E-state index contributed by atoms with van der Waals surface area (Å²) in [4.78, 5) is 23.3. The van der Waals surface area contributed by atoms with Crippen molar-refractivity contribution in [1.82, 2.24) is 19.5 Å². The summed E-state index contributed by atoms with van der Waals surface area (Å²) in [6, 6.07) is 1.21. The fourth-order valence-electron chi connectivity index (χ4n) is 1.71. The first-order chi connectivity index (χ1) is 9.15. The van der Waals surface area contributed by atoms with Gasteiger partial charge in [0.1, 0.15) is 23.9 Å². The van der Waals surface area contributed by atoms with Crippen molar-refractivity contribution in [1.29, 1.82) is 0 Å². The van der Waals surface area contributed by atoms with Crippen molar-refractivity contribution in [3.05, 3.63) is 41.0 Å². The lowest BCUT2D eigenvalue weighted by Crippen LogP contribution is -2.05. The van der Waals surface area contributed by atoms with E-state index >= 15 is 0 Å². The molecule has 8 nitrogen and oxygen atoms in total. The highest BCUT2D eigenvalue weighted by molar-refractivity contribution is 5.81. The molecule has 3 aromatic heterocycles. The van der Waals surface area contributed by atoms with Gasteiger partial charge in [0.05, 0.1) is 12.9 Å². The lowest BCUT2D eigenvalue weighted by Gasteiger charge is -2.02. The van der Waals surface area contributed by atoms with Gasteiger partial charge in [0.2, 0.25) is 5.43 Å². The normalized spacial score (nSPS) is 10.9. The zero-order valence-corrected chi connectivity index (χ0v) is 9.65. The second-order valence-corrected chi connectivity index (χ2v) is 3.90. The predicted octanol–water partition coefficient (Wildman–Crippen LogP) is 0.116. The molecule has 3 heterocycles. The number of imidazole rings is 1. The number of fused-ring (bicyclic) bond motifs is 1. The average molecular weight is 259 g/mol. The third-order valence-electron chi connectivity index (χ3n) is 2.62. The Morgan fingerprint density at radius 2 is 2.21 bits per heavy atom. The van der Waals surface area contributed by atoms with Gasteiger partial charge in [-0.2, -0.15) is 0 Å². The van der Waals surface area contributed by atoms with Gasteiger partial charge in [-0.25, -0.2) is 15.0 Å². The van der Waals surface area contributed by atoms with Gasteiger partial charge >= 0.3 is 0 Å². The van der Waals surface area contributed by atoms with E-state index < -0.39 is 11.2 Å². The van der Waals surface area contributed by atoms with E-state index in [0.29, 0.717) is 16.9 Å². The number of nitrogens with two attached hydrogens (primary N) is 1. The molecule has 0 unspecified atom stereocenters. The number of hydrogen-bond donors (Lipinski definition) is 2. The Bertz CT molecular complexity index is 807. The molecule has 0 atom stereocenters. The number of nitrogen functional groups attached to an aromatic ring is 1. The third kappa shape index (κ3) is 1.88. The molecule has 0 saturated heterocycles. The third-order valence-corrected chi connectivity index (χ3v) is 2.62. The quantitative estimate of drug-likeness (QED) is 0.670. The van der Waals surface area contributed by atoms with Crippen molar-refractivity contribution in [3.8, 4) is 5.75 Å². The zero-order valence-electron chi connectivity index (χ0n) is 9.65. The Kier molecular flexibility index (Phi) is 2.41. The van der Waals surface area contributed by atoms with Crippen LogP contribution in [-0.4, -0.2) is 24.6 Å². The van der Waals surface area contributed by atoms with Crippen LogP contribution in [0.2, 0.25) is 0 Å². The Morgan fingerprint density at radius 3 is 3.00 bits per heavy atom. The SMILES string of the molecule is Nc1ncnc2c1ncn2Cc1cc(=O)c(O)co1. The molecule has 19 heavy (non-hydrogen) atoms. The minimum absolute atomic E-state index is 0.252. The number of hydrogen-bond acceptors (Lipinski definition) is 7. The monoisotopic (exact) mass is 259 g/mol. The second-order valence-electron chi connectivity index (χ2n) is 3.90. The summed E-state index contributed by atoms with van der Waals surface area (Å²) in [6.07, 6.45) is 3.87. The highest BCUT2D eigenvalue weighted by atomic mass is 16.4. The molecule has 0 aromatic carbocycles. The summed E-state index contributed by atoms with van der Waals surface area (Å²) in [5.41, 5.74) is 6.21. The van der Waals surface area contributed by atoms with Crippen LogP contribution in [0.5, 0.6) is 5.75 Å². The van der Waals surface area contributed by atoms with Crippen molar-refractivity contribution >= 4 is 17.0 Å². The van der Waals surface area contributed by atoms with E-state index in [1.54, 1.807) is 4.57 Å². The van der Waals surface area contributed by atoms with Gasteiger partial charge in [0, 0.05) is 6.07 Å². The number of rotatable bonds is 2. The standard InChI is InChI=1S/C11H9N5O3/c12-10-9-11(14-4-13-10)16(5-15-9)2-6-1-7(17)8(18)3-19-6/h1,3-5,18H,2H2,(H2,12,13,14). The Balaban J connectivity index is 2.04. The molecule has 0 fully saturated rings. The molecule has 3 rings (SSSR count). The largest absolute Gasteiger partial charge is 0.502 e. The maximum Gasteiger partial charge on any atom is 0.226 e. The summed E-state index contributed by atoms with van der Waals surface area (Å²) in [5, 5.41) is 9.12. The van der Waals surface area contributed by atoms with Crippen molar-refractivity contribution in [2.24, 2.45) is 0 Å². The fourth-order valence-corrected chi connectivity index (χ4v) is 1.71. The molecule has 0 saturated carbocycles. The Morgan fingerprint density at radius 1 is 1.37 bits per heavy atom. The van der Waals surface area contributed by atoms with E-state index in [9.17, 15) is 4.79 Å². The van der Waals surface area contributed by atoms with E-state index in [2.05, 4.69) is 15.0 Å². The minimum atomic E-state index is -0.500. The first-order valence-corrected chi connectivity index (χ1v) is 5.37. The van der Waals surface area contributed by atoms with Gasteiger partial charge in [-0.05, 0) is 0 Å². The van der Waals surface area contributed by atoms with Gasteiger partial charge < -0.3 is 19.8 Å². The molecule has 8 heteroatoms. The Labute approximate surface area is 106 Å². The van der Waals surface area contributed by atoms with E-state index in [4.69, 9.17) is 15.3 Å². The molecular weight excluding hydrogens is 250 g/mol. The van der Waals surface area contributed by atoms with Gasteiger partial charge in [-0.1, -0.05) is 0 Å². The van der Waals surface area contributed by atoms with Crippen molar-refractivity contribution in [2.45, 2.75) is 6.54 Å². The molecule has 0 bridgehead atoms. The summed E-state index contributed by atoms with van der Waals surface area (Å²) < 4.78 is 6.79. The molecule has 0 radical (unpaired) electrons. The van der Waals surface area contributed by atoms with Gasteiger partial charge in [0.25, 0.3) is 0 Å². The van der Waals surface area contributed by atoms with Crippen LogP contribution >= 0.6 is 0 Å². The smallest absolute Gasteiger partial charge is 0.226 e. The van der Waals surface area contributed by atoms with E-state index in [0.717, 1.165) is 6.26 Å². The van der Waals surface area contributed by atoms with Crippen molar-refractivity contribution in [3.63, 3.8) is 0 Å². The van der Waals surface area contributed by atoms with Crippen LogP contribution in [0.1, 0.15) is 5.76 Å². The molecule has 3 N–H and O–H groups in total. The zero-order chi connectivity index (χ0) is 13.4. The molecule has 3 aromatic rings. The molecule has 0 amide bonds. The summed E-state index contributed by atoms with van der Waals surface area (Å²) in [5.74, 6) is 0.237. The van der Waals surface area contributed by atoms with Gasteiger partial charge in [0.15, 0.2) is 17.2 Å². The molecular formula is C11H9N5O3. The van der Waals surface area contributed by atoms with Gasteiger partial charge in [-0.15, -0.1) is 0 Å². The summed E-state index contributed by atoms with van der Waals surface area (Å²) in [7, 11) is 0.